The minimum absolute atomic E-state index is 0.0835. The van der Waals surface area contributed by atoms with Crippen molar-refractivity contribution in [2.75, 3.05) is 7.11 Å². The lowest BCUT2D eigenvalue weighted by Crippen LogP contribution is -2.49. The molecule has 1 rings (SSSR count). The number of rotatable bonds is 7. The number of aryl methyl sites for hydroxylation is 2. The van der Waals surface area contributed by atoms with Crippen molar-refractivity contribution in [2.24, 2.45) is 0 Å². The molecular weight excluding hydrogens is 282 g/mol. The minimum Gasteiger partial charge on any atom is -0.496 e. The fourth-order valence-corrected chi connectivity index (χ4v) is 2.73. The molecule has 1 aromatic rings. The van der Waals surface area contributed by atoms with Crippen LogP contribution in [0.1, 0.15) is 54.6 Å². The summed E-state index contributed by atoms with van der Waals surface area (Å²) in [5.74, 6) is -0.399. The third-order valence-corrected chi connectivity index (χ3v) is 4.15. The first-order chi connectivity index (χ1) is 10.3. The maximum atomic E-state index is 12.5. The van der Waals surface area contributed by atoms with Gasteiger partial charge in [-0.05, 0) is 49.9 Å². The van der Waals surface area contributed by atoms with E-state index in [4.69, 9.17) is 9.84 Å². The molecule has 1 amide bonds. The summed E-state index contributed by atoms with van der Waals surface area (Å²) in [7, 11) is 1.60. The topological polar surface area (TPSA) is 75.6 Å². The number of carbonyl (C=O) groups is 2. The largest absolute Gasteiger partial charge is 0.496 e. The number of carboxylic acids is 1. The molecule has 5 nitrogen and oxygen atoms in total. The molecular formula is C17H25NO4. The number of hydrogen-bond donors (Lipinski definition) is 2. The molecule has 0 saturated carbocycles. The first-order valence-corrected chi connectivity index (χ1v) is 7.48. The van der Waals surface area contributed by atoms with E-state index in [-0.39, 0.29) is 12.3 Å². The Kier molecular flexibility index (Phi) is 5.97. The van der Waals surface area contributed by atoms with Gasteiger partial charge in [0.05, 0.1) is 19.1 Å². The number of methoxy groups -OCH3 is 1. The Balaban J connectivity index is 3.07. The number of hydrogen-bond acceptors (Lipinski definition) is 3. The number of carboxylic acid groups (broad SMARTS) is 1. The van der Waals surface area contributed by atoms with Crippen LogP contribution in [-0.4, -0.2) is 29.6 Å². The van der Waals surface area contributed by atoms with Crippen LogP contribution >= 0.6 is 0 Å². The van der Waals surface area contributed by atoms with Crippen LogP contribution in [0.25, 0.3) is 0 Å². The smallest absolute Gasteiger partial charge is 0.305 e. The number of carbonyl (C=O) groups excluding carboxylic acids is 1. The molecule has 0 aliphatic heterocycles. The van der Waals surface area contributed by atoms with E-state index in [1.165, 1.54) is 0 Å². The van der Waals surface area contributed by atoms with Gasteiger partial charge in [-0.15, -0.1) is 0 Å². The van der Waals surface area contributed by atoms with Crippen LogP contribution in [0.2, 0.25) is 0 Å². The van der Waals surface area contributed by atoms with Crippen LogP contribution in [-0.2, 0) is 4.79 Å². The molecule has 0 bridgehead atoms. The van der Waals surface area contributed by atoms with E-state index in [0.717, 1.165) is 16.9 Å². The Hall–Kier alpha value is -2.04. The van der Waals surface area contributed by atoms with E-state index in [9.17, 15) is 9.59 Å². The monoisotopic (exact) mass is 307 g/mol. The third-order valence-electron chi connectivity index (χ3n) is 4.15. The SMILES string of the molecule is CCC(CC)(CC(=O)O)NC(=O)c1cc(C)c(OC)c(C)c1. The van der Waals surface area contributed by atoms with Gasteiger partial charge in [-0.2, -0.15) is 0 Å². The van der Waals surface area contributed by atoms with Crippen molar-refractivity contribution in [3.8, 4) is 5.75 Å². The molecule has 0 aliphatic rings. The summed E-state index contributed by atoms with van der Waals surface area (Å²) >= 11 is 0. The third kappa shape index (κ3) is 4.00. The fraction of sp³-hybridized carbons (Fsp3) is 0.529. The molecule has 0 radical (unpaired) electrons. The van der Waals surface area contributed by atoms with Crippen molar-refractivity contribution in [2.45, 2.75) is 52.5 Å². The van der Waals surface area contributed by atoms with Gasteiger partial charge in [0.2, 0.25) is 0 Å². The molecule has 22 heavy (non-hydrogen) atoms. The summed E-state index contributed by atoms with van der Waals surface area (Å²) in [4.78, 5) is 23.6. The lowest BCUT2D eigenvalue weighted by molar-refractivity contribution is -0.138. The number of benzene rings is 1. The zero-order valence-electron chi connectivity index (χ0n) is 13.9. The molecule has 0 unspecified atom stereocenters. The van der Waals surface area contributed by atoms with Crippen molar-refractivity contribution in [1.29, 1.82) is 0 Å². The quantitative estimate of drug-likeness (QED) is 0.811. The average Bonchev–Trinajstić information content (AvgIpc) is 2.45. The van der Waals surface area contributed by atoms with E-state index in [1.54, 1.807) is 19.2 Å². The summed E-state index contributed by atoms with van der Waals surface area (Å²) in [6, 6.07) is 3.52. The summed E-state index contributed by atoms with van der Waals surface area (Å²) in [6.45, 7) is 7.54. The fourth-order valence-electron chi connectivity index (χ4n) is 2.73. The van der Waals surface area contributed by atoms with Crippen molar-refractivity contribution < 1.29 is 19.4 Å². The molecule has 0 atom stereocenters. The average molecular weight is 307 g/mol. The highest BCUT2D eigenvalue weighted by Crippen LogP contribution is 2.26. The van der Waals surface area contributed by atoms with E-state index >= 15 is 0 Å². The highest BCUT2D eigenvalue weighted by molar-refractivity contribution is 5.95. The summed E-state index contributed by atoms with van der Waals surface area (Å²) in [6.07, 6.45) is 1.05. The number of amides is 1. The molecule has 0 saturated heterocycles. The van der Waals surface area contributed by atoms with Gasteiger partial charge in [-0.1, -0.05) is 13.8 Å². The number of aliphatic carboxylic acids is 1. The van der Waals surface area contributed by atoms with Crippen molar-refractivity contribution >= 4 is 11.9 Å². The predicted octanol–water partition coefficient (Wildman–Crippen LogP) is 3.08. The molecule has 5 heteroatoms. The Labute approximate surface area is 131 Å². The first-order valence-electron chi connectivity index (χ1n) is 7.48. The van der Waals surface area contributed by atoms with E-state index in [1.807, 2.05) is 27.7 Å². The second-order valence-corrected chi connectivity index (χ2v) is 5.66. The number of ether oxygens (including phenoxy) is 1. The number of nitrogens with one attached hydrogen (secondary N) is 1. The normalized spacial score (nSPS) is 11.1. The summed E-state index contributed by atoms with van der Waals surface area (Å²) in [5, 5.41) is 12.0. The van der Waals surface area contributed by atoms with Crippen molar-refractivity contribution in [3.05, 3.63) is 28.8 Å². The molecule has 0 heterocycles. The van der Waals surface area contributed by atoms with Gasteiger partial charge in [0, 0.05) is 5.56 Å². The van der Waals surface area contributed by atoms with E-state index in [2.05, 4.69) is 5.32 Å². The van der Waals surface area contributed by atoms with Gasteiger partial charge in [-0.25, -0.2) is 0 Å². The van der Waals surface area contributed by atoms with Crippen LogP contribution in [0.3, 0.4) is 0 Å². The van der Waals surface area contributed by atoms with Crippen LogP contribution in [0.5, 0.6) is 5.75 Å². The Morgan fingerprint density at radius 1 is 1.18 bits per heavy atom. The minimum atomic E-state index is -0.911. The second-order valence-electron chi connectivity index (χ2n) is 5.66. The highest BCUT2D eigenvalue weighted by Gasteiger charge is 2.31. The molecule has 122 valence electrons. The van der Waals surface area contributed by atoms with E-state index in [0.29, 0.717) is 18.4 Å². The Bertz CT molecular complexity index is 539. The van der Waals surface area contributed by atoms with E-state index < -0.39 is 11.5 Å². The van der Waals surface area contributed by atoms with Gasteiger partial charge in [0.25, 0.3) is 5.91 Å². The van der Waals surface area contributed by atoms with Crippen LogP contribution in [0.4, 0.5) is 0 Å². The molecule has 2 N–H and O–H groups in total. The molecule has 1 aromatic carbocycles. The summed E-state index contributed by atoms with van der Waals surface area (Å²) < 4.78 is 5.30. The zero-order chi connectivity index (χ0) is 16.9. The maximum Gasteiger partial charge on any atom is 0.305 e. The van der Waals surface area contributed by atoms with Crippen LogP contribution in [0, 0.1) is 13.8 Å². The predicted molar refractivity (Wildman–Crippen MR) is 85.5 cm³/mol. The van der Waals surface area contributed by atoms with Gasteiger partial charge in [-0.3, -0.25) is 9.59 Å². The van der Waals surface area contributed by atoms with Crippen LogP contribution < -0.4 is 10.1 Å². The molecule has 0 fully saturated rings. The Morgan fingerprint density at radius 2 is 1.68 bits per heavy atom. The van der Waals surface area contributed by atoms with Crippen molar-refractivity contribution in [1.82, 2.24) is 5.32 Å². The van der Waals surface area contributed by atoms with Gasteiger partial charge >= 0.3 is 5.97 Å². The van der Waals surface area contributed by atoms with Crippen molar-refractivity contribution in [3.63, 3.8) is 0 Å². The van der Waals surface area contributed by atoms with Gasteiger partial charge in [0.1, 0.15) is 5.75 Å². The lowest BCUT2D eigenvalue weighted by Gasteiger charge is -2.31. The maximum absolute atomic E-state index is 12.5. The molecule has 0 aliphatic carbocycles. The highest BCUT2D eigenvalue weighted by atomic mass is 16.5. The lowest BCUT2D eigenvalue weighted by atomic mass is 9.88. The molecule has 0 aromatic heterocycles. The second kappa shape index (κ2) is 7.29. The molecule has 0 spiro atoms. The Morgan fingerprint density at radius 3 is 2.05 bits per heavy atom. The summed E-state index contributed by atoms with van der Waals surface area (Å²) in [5.41, 5.74) is 1.56. The first kappa shape index (κ1) is 18.0. The van der Waals surface area contributed by atoms with Crippen LogP contribution in [0.15, 0.2) is 12.1 Å². The zero-order valence-corrected chi connectivity index (χ0v) is 13.9. The van der Waals surface area contributed by atoms with Gasteiger partial charge in [0.15, 0.2) is 0 Å². The van der Waals surface area contributed by atoms with Gasteiger partial charge < -0.3 is 15.2 Å². The standard InChI is InChI=1S/C17H25NO4/c1-6-17(7-2,10-14(19)20)18-16(21)13-8-11(3)15(22-5)12(4)9-13/h8-9H,6-7,10H2,1-5H3,(H,18,21)(H,19,20).